The number of hydrogen-bond donors (Lipinski definition) is 4. The highest BCUT2D eigenvalue weighted by atomic mass is 14.9. The highest BCUT2D eigenvalue weighted by molar-refractivity contribution is 4.55. The second-order valence-electron chi connectivity index (χ2n) is 4.06. The third-order valence-corrected chi connectivity index (χ3v) is 2.39. The fourth-order valence-corrected chi connectivity index (χ4v) is 1.46. The molecule has 0 atom stereocenters. The van der Waals surface area contributed by atoms with Crippen molar-refractivity contribution in [3.63, 3.8) is 0 Å². The van der Waals surface area contributed by atoms with E-state index in [-0.39, 0.29) is 0 Å². The van der Waals surface area contributed by atoms with Crippen molar-refractivity contribution in [3.8, 4) is 0 Å². The Morgan fingerprint density at radius 3 is 1.62 bits per heavy atom. The van der Waals surface area contributed by atoms with E-state index >= 15 is 0 Å². The highest BCUT2D eigenvalue weighted by Gasteiger charge is 1.89. The third-order valence-electron chi connectivity index (χ3n) is 2.39. The second-order valence-corrected chi connectivity index (χ2v) is 4.06. The lowest BCUT2D eigenvalue weighted by Crippen LogP contribution is -2.30. The summed E-state index contributed by atoms with van der Waals surface area (Å²) in [4.78, 5) is 0. The monoisotopic (exact) mass is 230 g/mol. The molecular weight excluding hydrogens is 200 g/mol. The Morgan fingerprint density at radius 2 is 1.12 bits per heavy atom. The molecule has 0 aliphatic heterocycles. The molecule has 0 saturated heterocycles. The zero-order valence-corrected chi connectivity index (χ0v) is 11.1. The molecule has 0 saturated carbocycles. The lowest BCUT2D eigenvalue weighted by Gasteiger charge is -2.07. The maximum atomic E-state index is 3.44. The van der Waals surface area contributed by atoms with Gasteiger partial charge >= 0.3 is 0 Å². The van der Waals surface area contributed by atoms with Crippen LogP contribution in [0.2, 0.25) is 0 Å². The Bertz CT molecular complexity index is 106. The molecule has 0 heterocycles. The first-order valence-electron chi connectivity index (χ1n) is 6.68. The molecule has 4 nitrogen and oxygen atoms in total. The van der Waals surface area contributed by atoms with Crippen LogP contribution in [0.4, 0.5) is 0 Å². The smallest absolute Gasteiger partial charge is 0.00767 e. The average molecular weight is 230 g/mol. The summed E-state index contributed by atoms with van der Waals surface area (Å²) in [6, 6.07) is 0. The van der Waals surface area contributed by atoms with Gasteiger partial charge < -0.3 is 21.3 Å². The molecule has 16 heavy (non-hydrogen) atoms. The lowest BCUT2D eigenvalue weighted by atomic mass is 10.4. The lowest BCUT2D eigenvalue weighted by molar-refractivity contribution is 0.562. The van der Waals surface area contributed by atoms with Gasteiger partial charge in [-0.25, -0.2) is 0 Å². The van der Waals surface area contributed by atoms with Gasteiger partial charge in [0.15, 0.2) is 0 Å². The van der Waals surface area contributed by atoms with Crippen LogP contribution in [0.15, 0.2) is 0 Å². The summed E-state index contributed by atoms with van der Waals surface area (Å²) < 4.78 is 0. The molecule has 0 radical (unpaired) electrons. The van der Waals surface area contributed by atoms with Crippen molar-refractivity contribution in [1.82, 2.24) is 21.3 Å². The molecule has 0 aromatic carbocycles. The van der Waals surface area contributed by atoms with Gasteiger partial charge in [0.1, 0.15) is 0 Å². The molecule has 0 aliphatic carbocycles. The molecule has 0 unspecified atom stereocenters. The predicted octanol–water partition coefficient (Wildman–Crippen LogP) is 0.165. The molecule has 0 spiro atoms. The molecule has 0 aromatic rings. The van der Waals surface area contributed by atoms with Gasteiger partial charge in [0.25, 0.3) is 0 Å². The Morgan fingerprint density at radius 1 is 0.625 bits per heavy atom. The molecule has 0 amide bonds. The molecule has 98 valence electrons. The van der Waals surface area contributed by atoms with Gasteiger partial charge in [-0.05, 0) is 59.0 Å². The fourth-order valence-electron chi connectivity index (χ4n) is 1.46. The number of rotatable bonds is 13. The molecule has 0 rings (SSSR count). The van der Waals surface area contributed by atoms with E-state index in [0.717, 1.165) is 45.8 Å². The Kier molecular flexibility index (Phi) is 14.7. The van der Waals surface area contributed by atoms with Gasteiger partial charge in [0.2, 0.25) is 0 Å². The average Bonchev–Trinajstić information content (AvgIpc) is 2.31. The third kappa shape index (κ3) is 13.8. The van der Waals surface area contributed by atoms with Crippen molar-refractivity contribution in [2.24, 2.45) is 0 Å². The van der Waals surface area contributed by atoms with Crippen LogP contribution in [-0.4, -0.2) is 52.9 Å². The van der Waals surface area contributed by atoms with Crippen LogP contribution in [0.3, 0.4) is 0 Å². The van der Waals surface area contributed by atoms with Crippen LogP contribution in [0.25, 0.3) is 0 Å². The van der Waals surface area contributed by atoms with Crippen molar-refractivity contribution < 1.29 is 0 Å². The normalized spacial score (nSPS) is 10.9. The summed E-state index contributed by atoms with van der Waals surface area (Å²) in [6.07, 6.45) is 3.65. The zero-order valence-electron chi connectivity index (χ0n) is 11.1. The first-order valence-corrected chi connectivity index (χ1v) is 6.68. The summed E-state index contributed by atoms with van der Waals surface area (Å²) in [5, 5.41) is 13.4. The molecule has 4 heteroatoms. The van der Waals surface area contributed by atoms with E-state index in [2.05, 4.69) is 28.2 Å². The van der Waals surface area contributed by atoms with Gasteiger partial charge in [-0.3, -0.25) is 0 Å². The molecule has 4 N–H and O–H groups in total. The van der Waals surface area contributed by atoms with Crippen LogP contribution in [0.5, 0.6) is 0 Å². The highest BCUT2D eigenvalue weighted by Crippen LogP contribution is 1.75. The summed E-state index contributed by atoms with van der Waals surface area (Å²) in [7, 11) is 1.99. The Balaban J connectivity index is 2.83. The van der Waals surface area contributed by atoms with Crippen LogP contribution >= 0.6 is 0 Å². The Labute approximate surface area is 101 Å². The summed E-state index contributed by atoms with van der Waals surface area (Å²) >= 11 is 0. The quantitative estimate of drug-likeness (QED) is 0.341. The van der Waals surface area contributed by atoms with Crippen molar-refractivity contribution in [2.75, 3.05) is 52.9 Å². The zero-order chi connectivity index (χ0) is 11.9. The van der Waals surface area contributed by atoms with E-state index in [9.17, 15) is 0 Å². The maximum Gasteiger partial charge on any atom is 0.00767 e. The fraction of sp³-hybridized carbons (Fsp3) is 1.00. The van der Waals surface area contributed by atoms with Crippen LogP contribution in [-0.2, 0) is 0 Å². The maximum absolute atomic E-state index is 3.44. The minimum Gasteiger partial charge on any atom is -0.320 e. The van der Waals surface area contributed by atoms with Crippen molar-refractivity contribution in [3.05, 3.63) is 0 Å². The molecular formula is C12H30N4. The summed E-state index contributed by atoms with van der Waals surface area (Å²) in [5.41, 5.74) is 0. The van der Waals surface area contributed by atoms with Gasteiger partial charge in [0, 0.05) is 13.1 Å². The van der Waals surface area contributed by atoms with E-state index < -0.39 is 0 Å². The number of hydrogen-bond acceptors (Lipinski definition) is 4. The van der Waals surface area contributed by atoms with Crippen LogP contribution in [0, 0.1) is 0 Å². The largest absolute Gasteiger partial charge is 0.320 e. The van der Waals surface area contributed by atoms with E-state index in [0.29, 0.717) is 0 Å². The van der Waals surface area contributed by atoms with Crippen LogP contribution in [0.1, 0.15) is 26.2 Å². The van der Waals surface area contributed by atoms with E-state index in [4.69, 9.17) is 0 Å². The Hall–Kier alpha value is -0.160. The summed E-state index contributed by atoms with van der Waals surface area (Å²) in [5.74, 6) is 0. The molecule has 0 fully saturated rings. The van der Waals surface area contributed by atoms with Crippen LogP contribution < -0.4 is 21.3 Å². The molecule has 0 bridgehead atoms. The van der Waals surface area contributed by atoms with E-state index in [1.54, 1.807) is 0 Å². The second kappa shape index (κ2) is 14.8. The van der Waals surface area contributed by atoms with E-state index in [1.165, 1.54) is 19.3 Å². The van der Waals surface area contributed by atoms with Crippen molar-refractivity contribution in [2.45, 2.75) is 26.2 Å². The summed E-state index contributed by atoms with van der Waals surface area (Å²) in [6.45, 7) is 9.97. The van der Waals surface area contributed by atoms with Crippen molar-refractivity contribution >= 4 is 0 Å². The predicted molar refractivity (Wildman–Crippen MR) is 72.1 cm³/mol. The van der Waals surface area contributed by atoms with E-state index in [1.807, 2.05) is 7.05 Å². The SMILES string of the molecule is CCCNCCCNCCNCCCNC. The van der Waals surface area contributed by atoms with Gasteiger partial charge in [0.05, 0.1) is 0 Å². The molecule has 0 aliphatic rings. The number of nitrogens with one attached hydrogen (secondary N) is 4. The minimum atomic E-state index is 1.08. The minimum absolute atomic E-state index is 1.08. The first kappa shape index (κ1) is 15.8. The molecule has 0 aromatic heterocycles. The topological polar surface area (TPSA) is 48.1 Å². The van der Waals surface area contributed by atoms with Gasteiger partial charge in [-0.15, -0.1) is 0 Å². The van der Waals surface area contributed by atoms with Gasteiger partial charge in [-0.1, -0.05) is 6.92 Å². The van der Waals surface area contributed by atoms with Crippen molar-refractivity contribution in [1.29, 1.82) is 0 Å². The van der Waals surface area contributed by atoms with Gasteiger partial charge in [-0.2, -0.15) is 0 Å². The first-order chi connectivity index (χ1) is 7.91. The standard InChI is InChI=1S/C12H30N4/c1-3-6-14-9-5-10-16-12-11-15-8-4-7-13-2/h13-16H,3-12H2,1-2H3.